The zero-order chi connectivity index (χ0) is 15.2. The van der Waals surface area contributed by atoms with Gasteiger partial charge in [-0.05, 0) is 44.6 Å². The summed E-state index contributed by atoms with van der Waals surface area (Å²) in [5.74, 6) is 1.28. The Balaban J connectivity index is 2.40. The fourth-order valence-corrected chi connectivity index (χ4v) is 2.35. The van der Waals surface area contributed by atoms with Gasteiger partial charge < -0.3 is 20.1 Å². The lowest BCUT2D eigenvalue weighted by Crippen LogP contribution is -2.46. The van der Waals surface area contributed by atoms with Crippen LogP contribution in [0.4, 0.5) is 0 Å². The molecule has 0 radical (unpaired) electrons. The summed E-state index contributed by atoms with van der Waals surface area (Å²) in [6, 6.07) is 8.13. The van der Waals surface area contributed by atoms with E-state index < -0.39 is 5.60 Å². The van der Waals surface area contributed by atoms with Crippen molar-refractivity contribution in [1.29, 1.82) is 0 Å². The van der Waals surface area contributed by atoms with Crippen LogP contribution in [0.2, 0.25) is 0 Å². The van der Waals surface area contributed by atoms with E-state index >= 15 is 0 Å². The lowest BCUT2D eigenvalue weighted by Gasteiger charge is -2.28. The summed E-state index contributed by atoms with van der Waals surface area (Å²) in [5, 5.41) is 13.6. The zero-order valence-corrected chi connectivity index (χ0v) is 13.3. The van der Waals surface area contributed by atoms with E-state index in [1.165, 1.54) is 5.56 Å². The van der Waals surface area contributed by atoms with E-state index in [1.807, 2.05) is 38.1 Å². The van der Waals surface area contributed by atoms with Crippen LogP contribution in [-0.4, -0.2) is 56.4 Å². The lowest BCUT2D eigenvalue weighted by atomic mass is 10.0. The van der Waals surface area contributed by atoms with Gasteiger partial charge >= 0.3 is 0 Å². The first-order valence-corrected chi connectivity index (χ1v) is 7.06. The molecule has 0 heterocycles. The summed E-state index contributed by atoms with van der Waals surface area (Å²) in [7, 11) is 5.61. The van der Waals surface area contributed by atoms with Crippen molar-refractivity contribution < 1.29 is 9.84 Å². The van der Waals surface area contributed by atoms with E-state index in [1.54, 1.807) is 7.11 Å². The van der Waals surface area contributed by atoms with Crippen molar-refractivity contribution in [3.05, 3.63) is 29.8 Å². The van der Waals surface area contributed by atoms with Crippen LogP contribution < -0.4 is 10.1 Å². The number of nitrogens with one attached hydrogen (secondary N) is 1. The molecule has 2 atom stereocenters. The van der Waals surface area contributed by atoms with E-state index in [2.05, 4.69) is 24.4 Å². The first kappa shape index (κ1) is 17.0. The number of hydrogen-bond donors (Lipinski definition) is 2. The molecule has 20 heavy (non-hydrogen) atoms. The maximum Gasteiger partial charge on any atom is 0.118 e. The first-order valence-electron chi connectivity index (χ1n) is 7.06. The SMILES string of the molecule is COc1ccc(C(C)CNCC(C)(O)CN(C)C)cc1. The number of likely N-dealkylation sites (N-methyl/N-ethyl adjacent to an activating group) is 1. The lowest BCUT2D eigenvalue weighted by molar-refractivity contribution is 0.0338. The molecular weight excluding hydrogens is 252 g/mol. The molecule has 0 bridgehead atoms. The molecule has 0 saturated heterocycles. The van der Waals surface area contributed by atoms with Crippen molar-refractivity contribution >= 4 is 0 Å². The van der Waals surface area contributed by atoms with Gasteiger partial charge in [-0.2, -0.15) is 0 Å². The van der Waals surface area contributed by atoms with Crippen LogP contribution in [0.3, 0.4) is 0 Å². The van der Waals surface area contributed by atoms with Gasteiger partial charge in [-0.3, -0.25) is 0 Å². The third-order valence-electron chi connectivity index (χ3n) is 3.30. The highest BCUT2D eigenvalue weighted by atomic mass is 16.5. The van der Waals surface area contributed by atoms with Crippen LogP contribution in [0, 0.1) is 0 Å². The highest BCUT2D eigenvalue weighted by molar-refractivity contribution is 5.29. The van der Waals surface area contributed by atoms with Gasteiger partial charge in [-0.1, -0.05) is 19.1 Å². The number of methoxy groups -OCH3 is 1. The van der Waals surface area contributed by atoms with Crippen LogP contribution in [0.25, 0.3) is 0 Å². The number of benzene rings is 1. The van der Waals surface area contributed by atoms with E-state index in [0.717, 1.165) is 12.3 Å². The van der Waals surface area contributed by atoms with Gasteiger partial charge in [0.25, 0.3) is 0 Å². The van der Waals surface area contributed by atoms with Crippen molar-refractivity contribution in [2.45, 2.75) is 25.4 Å². The fourth-order valence-electron chi connectivity index (χ4n) is 2.35. The molecule has 2 unspecified atom stereocenters. The molecule has 4 heteroatoms. The number of ether oxygens (including phenoxy) is 1. The van der Waals surface area contributed by atoms with Gasteiger partial charge in [0.05, 0.1) is 12.7 Å². The summed E-state index contributed by atoms with van der Waals surface area (Å²) < 4.78 is 5.16. The smallest absolute Gasteiger partial charge is 0.118 e. The van der Waals surface area contributed by atoms with Gasteiger partial charge in [0, 0.05) is 19.6 Å². The van der Waals surface area contributed by atoms with Crippen LogP contribution in [-0.2, 0) is 0 Å². The van der Waals surface area contributed by atoms with E-state index in [-0.39, 0.29) is 0 Å². The number of nitrogens with zero attached hydrogens (tertiary/aromatic N) is 1. The highest BCUT2D eigenvalue weighted by Gasteiger charge is 2.21. The molecule has 4 nitrogen and oxygen atoms in total. The Labute approximate surface area is 122 Å². The maximum absolute atomic E-state index is 10.2. The van der Waals surface area contributed by atoms with Crippen LogP contribution in [0.5, 0.6) is 5.75 Å². The molecule has 0 aliphatic carbocycles. The maximum atomic E-state index is 10.2. The van der Waals surface area contributed by atoms with Crippen molar-refractivity contribution in [2.75, 3.05) is 40.8 Å². The molecule has 0 fully saturated rings. The van der Waals surface area contributed by atoms with Gasteiger partial charge in [-0.25, -0.2) is 0 Å². The minimum atomic E-state index is -0.705. The molecule has 0 spiro atoms. The first-order chi connectivity index (χ1) is 9.34. The number of hydrogen-bond acceptors (Lipinski definition) is 4. The molecular formula is C16H28N2O2. The topological polar surface area (TPSA) is 44.7 Å². The van der Waals surface area contributed by atoms with Gasteiger partial charge in [0.1, 0.15) is 5.75 Å². The summed E-state index contributed by atoms with van der Waals surface area (Å²) in [5.41, 5.74) is 0.564. The normalized spacial score (nSPS) is 15.9. The summed E-state index contributed by atoms with van der Waals surface area (Å²) in [6.45, 7) is 6.12. The average Bonchev–Trinajstić information content (AvgIpc) is 2.37. The largest absolute Gasteiger partial charge is 0.497 e. The predicted octanol–water partition coefficient (Wildman–Crippen LogP) is 1.70. The van der Waals surface area contributed by atoms with E-state index in [4.69, 9.17) is 4.74 Å². The number of rotatable bonds is 8. The Morgan fingerprint density at radius 3 is 2.40 bits per heavy atom. The van der Waals surface area contributed by atoms with Gasteiger partial charge in [0.15, 0.2) is 0 Å². The Hall–Kier alpha value is -1.10. The second-order valence-corrected chi connectivity index (χ2v) is 6.04. The van der Waals surface area contributed by atoms with Crippen molar-refractivity contribution in [1.82, 2.24) is 10.2 Å². The second kappa shape index (κ2) is 7.62. The van der Waals surface area contributed by atoms with Crippen molar-refractivity contribution in [3.8, 4) is 5.75 Å². The molecule has 0 aliphatic heterocycles. The molecule has 2 N–H and O–H groups in total. The molecule has 1 aromatic carbocycles. The molecule has 1 rings (SSSR count). The predicted molar refractivity (Wildman–Crippen MR) is 83.5 cm³/mol. The summed E-state index contributed by atoms with van der Waals surface area (Å²) in [6.07, 6.45) is 0. The quantitative estimate of drug-likeness (QED) is 0.761. The van der Waals surface area contributed by atoms with Crippen molar-refractivity contribution in [2.24, 2.45) is 0 Å². The molecule has 0 aliphatic rings. The minimum Gasteiger partial charge on any atom is -0.497 e. The van der Waals surface area contributed by atoms with Gasteiger partial charge in [0.2, 0.25) is 0 Å². The standard InChI is InChI=1S/C16H28N2O2/c1-13(14-6-8-15(20-5)9-7-14)10-17-11-16(2,19)12-18(3)4/h6-9,13,17,19H,10-12H2,1-5H3. The average molecular weight is 280 g/mol. The monoisotopic (exact) mass is 280 g/mol. The zero-order valence-electron chi connectivity index (χ0n) is 13.3. The molecule has 0 saturated carbocycles. The minimum absolute atomic E-state index is 0.399. The molecule has 114 valence electrons. The second-order valence-electron chi connectivity index (χ2n) is 6.04. The van der Waals surface area contributed by atoms with Crippen LogP contribution in [0.15, 0.2) is 24.3 Å². The van der Waals surface area contributed by atoms with Crippen LogP contribution >= 0.6 is 0 Å². The Morgan fingerprint density at radius 1 is 1.30 bits per heavy atom. The Kier molecular flexibility index (Phi) is 6.46. The molecule has 1 aromatic rings. The summed E-state index contributed by atoms with van der Waals surface area (Å²) >= 11 is 0. The fraction of sp³-hybridized carbons (Fsp3) is 0.625. The van der Waals surface area contributed by atoms with E-state index in [0.29, 0.717) is 19.0 Å². The van der Waals surface area contributed by atoms with E-state index in [9.17, 15) is 5.11 Å². The highest BCUT2D eigenvalue weighted by Crippen LogP contribution is 2.18. The molecule has 0 amide bonds. The van der Waals surface area contributed by atoms with Crippen molar-refractivity contribution in [3.63, 3.8) is 0 Å². The van der Waals surface area contributed by atoms with Crippen LogP contribution in [0.1, 0.15) is 25.3 Å². The van der Waals surface area contributed by atoms with Gasteiger partial charge in [-0.15, -0.1) is 0 Å². The third kappa shape index (κ3) is 5.90. The Bertz CT molecular complexity index is 388. The summed E-state index contributed by atoms with van der Waals surface area (Å²) in [4.78, 5) is 1.99. The molecule has 0 aromatic heterocycles. The third-order valence-corrected chi connectivity index (χ3v) is 3.30. The number of aliphatic hydroxyl groups is 1. The Morgan fingerprint density at radius 2 is 1.90 bits per heavy atom.